The summed E-state index contributed by atoms with van der Waals surface area (Å²) in [4.78, 5) is 4.39. The van der Waals surface area contributed by atoms with Gasteiger partial charge in [0.25, 0.3) is 0 Å². The number of nitrogen functional groups attached to an aromatic ring is 1. The monoisotopic (exact) mass is 281 g/mol. The summed E-state index contributed by atoms with van der Waals surface area (Å²) in [5, 5.41) is 9.92. The van der Waals surface area contributed by atoms with Crippen LogP contribution in [0.25, 0.3) is 10.9 Å². The predicted molar refractivity (Wildman–Crippen MR) is 84.6 cm³/mol. The number of hydrogen-bond acceptors (Lipinski definition) is 2. The number of aromatic amines is 1. The molecular weight excluding hydrogens is 266 g/mol. The molecule has 20 heavy (non-hydrogen) atoms. The van der Waals surface area contributed by atoms with E-state index in [-0.39, 0.29) is 5.84 Å². The molecule has 0 fully saturated rings. The average molecular weight is 281 g/mol. The Labute approximate surface area is 121 Å². The molecule has 4 heteroatoms. The standard InChI is InChI=1S/C16H15N3S/c1-10-6-7-12(16(17)18)14(8-10)20-15-9-11-4-2-3-5-13(11)19-15/h2-9,19H,1H3,(H3,17,18). The van der Waals surface area contributed by atoms with Crippen molar-refractivity contribution in [1.82, 2.24) is 4.98 Å². The number of nitrogens with one attached hydrogen (secondary N) is 2. The van der Waals surface area contributed by atoms with Crippen LogP contribution in [-0.2, 0) is 0 Å². The molecule has 100 valence electrons. The largest absolute Gasteiger partial charge is 0.384 e. The number of para-hydroxylation sites is 1. The van der Waals surface area contributed by atoms with E-state index >= 15 is 0 Å². The van der Waals surface area contributed by atoms with Gasteiger partial charge < -0.3 is 10.7 Å². The minimum atomic E-state index is 0.101. The molecule has 0 spiro atoms. The molecule has 0 unspecified atom stereocenters. The van der Waals surface area contributed by atoms with Crippen molar-refractivity contribution in [3.8, 4) is 0 Å². The van der Waals surface area contributed by atoms with Crippen molar-refractivity contribution in [2.24, 2.45) is 5.73 Å². The highest BCUT2D eigenvalue weighted by Gasteiger charge is 2.09. The van der Waals surface area contributed by atoms with E-state index < -0.39 is 0 Å². The maximum Gasteiger partial charge on any atom is 0.123 e. The van der Waals surface area contributed by atoms with Crippen molar-refractivity contribution in [3.05, 3.63) is 59.7 Å². The molecule has 0 amide bonds. The third-order valence-corrected chi connectivity index (χ3v) is 4.15. The Morgan fingerprint density at radius 3 is 2.70 bits per heavy atom. The van der Waals surface area contributed by atoms with Gasteiger partial charge in [-0.05, 0) is 36.8 Å². The van der Waals surface area contributed by atoms with Gasteiger partial charge in [0.05, 0.1) is 5.03 Å². The molecule has 0 atom stereocenters. The highest BCUT2D eigenvalue weighted by Crippen LogP contribution is 2.32. The number of amidine groups is 1. The topological polar surface area (TPSA) is 65.7 Å². The van der Waals surface area contributed by atoms with Crippen molar-refractivity contribution in [3.63, 3.8) is 0 Å². The highest BCUT2D eigenvalue weighted by atomic mass is 32.2. The number of hydrogen-bond donors (Lipinski definition) is 3. The lowest BCUT2D eigenvalue weighted by Crippen LogP contribution is -2.12. The van der Waals surface area contributed by atoms with Crippen LogP contribution in [0.3, 0.4) is 0 Å². The molecule has 0 aliphatic heterocycles. The molecule has 2 aromatic carbocycles. The molecular formula is C16H15N3S. The van der Waals surface area contributed by atoms with Crippen molar-refractivity contribution in [2.45, 2.75) is 16.8 Å². The van der Waals surface area contributed by atoms with Crippen LogP contribution in [0.15, 0.2) is 58.5 Å². The Balaban J connectivity index is 2.01. The predicted octanol–water partition coefficient (Wildman–Crippen LogP) is 3.91. The number of H-pyrrole nitrogens is 1. The second-order valence-corrected chi connectivity index (χ2v) is 5.82. The second kappa shape index (κ2) is 5.06. The van der Waals surface area contributed by atoms with Crippen molar-refractivity contribution < 1.29 is 0 Å². The van der Waals surface area contributed by atoms with Crippen LogP contribution < -0.4 is 5.73 Å². The molecule has 1 heterocycles. The zero-order chi connectivity index (χ0) is 14.1. The molecule has 3 nitrogen and oxygen atoms in total. The summed E-state index contributed by atoms with van der Waals surface area (Å²) in [5.74, 6) is 0.101. The molecule has 0 saturated heterocycles. The van der Waals surface area contributed by atoms with E-state index in [0.29, 0.717) is 0 Å². The van der Waals surface area contributed by atoms with Gasteiger partial charge in [0.2, 0.25) is 0 Å². The number of nitrogens with two attached hydrogens (primary N) is 1. The molecule has 3 aromatic rings. The molecule has 0 bridgehead atoms. The lowest BCUT2D eigenvalue weighted by Gasteiger charge is -2.07. The summed E-state index contributed by atoms with van der Waals surface area (Å²) < 4.78 is 0. The van der Waals surface area contributed by atoms with Gasteiger partial charge in [-0.1, -0.05) is 36.0 Å². The van der Waals surface area contributed by atoms with E-state index in [4.69, 9.17) is 11.1 Å². The Hall–Kier alpha value is -2.20. The van der Waals surface area contributed by atoms with Crippen LogP contribution in [0.1, 0.15) is 11.1 Å². The number of benzene rings is 2. The fraction of sp³-hybridized carbons (Fsp3) is 0.0625. The lowest BCUT2D eigenvalue weighted by molar-refractivity contribution is 1.22. The Kier molecular flexibility index (Phi) is 3.24. The van der Waals surface area contributed by atoms with Crippen LogP contribution >= 0.6 is 11.8 Å². The Bertz CT molecular complexity index is 756. The number of rotatable bonds is 3. The minimum Gasteiger partial charge on any atom is -0.384 e. The number of fused-ring (bicyclic) bond motifs is 1. The summed E-state index contributed by atoms with van der Waals surface area (Å²) in [6.07, 6.45) is 0. The smallest absolute Gasteiger partial charge is 0.123 e. The number of aromatic nitrogens is 1. The van der Waals surface area contributed by atoms with Crippen molar-refractivity contribution in [2.75, 3.05) is 0 Å². The summed E-state index contributed by atoms with van der Waals surface area (Å²) in [7, 11) is 0. The number of aryl methyl sites for hydroxylation is 1. The van der Waals surface area contributed by atoms with Crippen LogP contribution in [0.2, 0.25) is 0 Å². The fourth-order valence-electron chi connectivity index (χ4n) is 2.16. The van der Waals surface area contributed by atoms with Crippen LogP contribution in [0.5, 0.6) is 0 Å². The molecule has 0 aliphatic rings. The third-order valence-electron chi connectivity index (χ3n) is 3.15. The normalized spacial score (nSPS) is 10.8. The zero-order valence-electron chi connectivity index (χ0n) is 11.1. The van der Waals surface area contributed by atoms with Crippen molar-refractivity contribution in [1.29, 1.82) is 5.41 Å². The van der Waals surface area contributed by atoms with E-state index in [1.807, 2.05) is 31.2 Å². The summed E-state index contributed by atoms with van der Waals surface area (Å²) in [5.41, 5.74) is 8.71. The Morgan fingerprint density at radius 2 is 1.95 bits per heavy atom. The van der Waals surface area contributed by atoms with Gasteiger partial charge in [-0.15, -0.1) is 0 Å². The van der Waals surface area contributed by atoms with Crippen LogP contribution in [0.4, 0.5) is 0 Å². The van der Waals surface area contributed by atoms with E-state index in [0.717, 1.165) is 26.6 Å². The van der Waals surface area contributed by atoms with Crippen molar-refractivity contribution >= 4 is 28.5 Å². The first kappa shape index (κ1) is 12.8. The molecule has 3 rings (SSSR count). The van der Waals surface area contributed by atoms with Gasteiger partial charge in [-0.25, -0.2) is 0 Å². The lowest BCUT2D eigenvalue weighted by atomic mass is 10.1. The molecule has 4 N–H and O–H groups in total. The van der Waals surface area contributed by atoms with Crippen LogP contribution in [0, 0.1) is 12.3 Å². The van der Waals surface area contributed by atoms with Gasteiger partial charge in [-0.2, -0.15) is 0 Å². The van der Waals surface area contributed by atoms with Gasteiger partial charge in [0.1, 0.15) is 5.84 Å². The molecule has 0 saturated carbocycles. The van der Waals surface area contributed by atoms with Crippen LogP contribution in [-0.4, -0.2) is 10.8 Å². The second-order valence-electron chi connectivity index (χ2n) is 4.74. The summed E-state index contributed by atoms with van der Waals surface area (Å²) in [6.45, 7) is 2.04. The average Bonchev–Trinajstić information content (AvgIpc) is 2.80. The first-order chi connectivity index (χ1) is 9.63. The first-order valence-corrected chi connectivity index (χ1v) is 7.16. The third kappa shape index (κ3) is 2.42. The summed E-state index contributed by atoms with van der Waals surface area (Å²) in [6, 6.07) is 16.2. The molecule has 0 radical (unpaired) electrons. The molecule has 0 aliphatic carbocycles. The highest BCUT2D eigenvalue weighted by molar-refractivity contribution is 7.99. The fourth-order valence-corrected chi connectivity index (χ4v) is 3.27. The Morgan fingerprint density at radius 1 is 1.15 bits per heavy atom. The quantitative estimate of drug-likeness (QED) is 0.503. The SMILES string of the molecule is Cc1ccc(C(=N)N)c(Sc2cc3ccccc3[nH]2)c1. The van der Waals surface area contributed by atoms with Gasteiger partial charge in [0, 0.05) is 21.4 Å². The van der Waals surface area contributed by atoms with Gasteiger partial charge >= 0.3 is 0 Å². The van der Waals surface area contributed by atoms with E-state index in [1.165, 1.54) is 5.39 Å². The first-order valence-electron chi connectivity index (χ1n) is 6.34. The molecule has 1 aromatic heterocycles. The maximum atomic E-state index is 7.67. The van der Waals surface area contributed by atoms with E-state index in [9.17, 15) is 0 Å². The summed E-state index contributed by atoms with van der Waals surface area (Å²) >= 11 is 1.61. The van der Waals surface area contributed by atoms with E-state index in [2.05, 4.69) is 29.2 Å². The van der Waals surface area contributed by atoms with Gasteiger partial charge in [-0.3, -0.25) is 5.41 Å². The van der Waals surface area contributed by atoms with Gasteiger partial charge in [0.15, 0.2) is 0 Å². The van der Waals surface area contributed by atoms with E-state index in [1.54, 1.807) is 11.8 Å². The minimum absolute atomic E-state index is 0.101. The zero-order valence-corrected chi connectivity index (χ0v) is 11.9. The maximum absolute atomic E-state index is 7.67.